The minimum Gasteiger partial charge on any atom is -0.411 e. The van der Waals surface area contributed by atoms with Crippen LogP contribution in [0.1, 0.15) is 11.1 Å². The molecule has 13 heavy (non-hydrogen) atoms. The Morgan fingerprint density at radius 1 is 1.38 bits per heavy atom. The van der Waals surface area contributed by atoms with Crippen molar-refractivity contribution in [3.05, 3.63) is 35.4 Å². The van der Waals surface area contributed by atoms with E-state index in [1.807, 2.05) is 0 Å². The van der Waals surface area contributed by atoms with E-state index in [2.05, 4.69) is 5.16 Å². The molecule has 4 N–H and O–H groups in total. The van der Waals surface area contributed by atoms with Gasteiger partial charge in [-0.3, -0.25) is 5.41 Å². The van der Waals surface area contributed by atoms with Gasteiger partial charge in [-0.05, 0) is 5.56 Å². The topological polar surface area (TPSA) is 82.5 Å². The van der Waals surface area contributed by atoms with Gasteiger partial charge in [0.1, 0.15) is 5.84 Å². The molecule has 0 fully saturated rings. The van der Waals surface area contributed by atoms with Gasteiger partial charge in [-0.1, -0.05) is 29.4 Å². The summed E-state index contributed by atoms with van der Waals surface area (Å²) >= 11 is 0. The summed E-state index contributed by atoms with van der Waals surface area (Å²) in [5.74, 6) is 0.0301. The van der Waals surface area contributed by atoms with Gasteiger partial charge in [0, 0.05) is 5.56 Å². The van der Waals surface area contributed by atoms with E-state index in [1.165, 1.54) is 6.21 Å². The maximum Gasteiger partial charge on any atom is 0.122 e. The number of nitrogens with one attached hydrogen (secondary N) is 1. The number of hydrogen-bond donors (Lipinski definition) is 3. The van der Waals surface area contributed by atoms with Crippen LogP contribution < -0.4 is 5.73 Å². The van der Waals surface area contributed by atoms with Crippen molar-refractivity contribution in [3.8, 4) is 0 Å². The van der Waals surface area contributed by atoms with Gasteiger partial charge in [0.15, 0.2) is 0 Å². The van der Waals surface area contributed by atoms with Crippen molar-refractivity contribution in [2.75, 3.05) is 0 Å². The quantitative estimate of drug-likeness (QED) is 0.290. The Balaban J connectivity index is 0.00000144. The van der Waals surface area contributed by atoms with Gasteiger partial charge < -0.3 is 10.9 Å². The molecule has 1 rings (SSSR count). The number of nitrogens with zero attached hydrogens (tertiary/aromatic N) is 1. The van der Waals surface area contributed by atoms with Crippen LogP contribution in [-0.2, 0) is 0 Å². The molecular weight excluding hydrogens is 190 g/mol. The Morgan fingerprint density at radius 3 is 2.31 bits per heavy atom. The zero-order valence-corrected chi connectivity index (χ0v) is 7.58. The monoisotopic (exact) mass is 199 g/mol. The molecule has 0 spiro atoms. The first-order valence-corrected chi connectivity index (χ1v) is 3.36. The van der Waals surface area contributed by atoms with Crippen molar-refractivity contribution in [2.24, 2.45) is 10.9 Å². The lowest BCUT2D eigenvalue weighted by molar-refractivity contribution is 0.322. The third-order valence-corrected chi connectivity index (χ3v) is 1.43. The van der Waals surface area contributed by atoms with Crippen LogP contribution in [0.25, 0.3) is 0 Å². The lowest BCUT2D eigenvalue weighted by Crippen LogP contribution is -2.10. The van der Waals surface area contributed by atoms with Crippen molar-refractivity contribution < 1.29 is 5.21 Å². The predicted molar refractivity (Wildman–Crippen MR) is 54.1 cm³/mol. The molecule has 1 aromatic carbocycles. The van der Waals surface area contributed by atoms with Gasteiger partial charge in [0.2, 0.25) is 0 Å². The summed E-state index contributed by atoms with van der Waals surface area (Å²) in [7, 11) is 0. The molecule has 1 aromatic rings. The summed E-state index contributed by atoms with van der Waals surface area (Å²) in [6.45, 7) is 0. The number of benzene rings is 1. The molecule has 4 nitrogen and oxygen atoms in total. The van der Waals surface area contributed by atoms with Gasteiger partial charge in [-0.2, -0.15) is 0 Å². The third-order valence-electron chi connectivity index (χ3n) is 1.43. The zero-order valence-electron chi connectivity index (χ0n) is 6.77. The molecule has 0 unspecified atom stereocenters. The highest BCUT2D eigenvalue weighted by molar-refractivity contribution is 5.95. The molecule has 0 saturated carbocycles. The summed E-state index contributed by atoms with van der Waals surface area (Å²) in [6.07, 6.45) is 1.31. The van der Waals surface area contributed by atoms with Crippen molar-refractivity contribution in [2.45, 2.75) is 0 Å². The fourth-order valence-electron chi connectivity index (χ4n) is 0.815. The molecular formula is C8H10ClN3O. The normalized spacial score (nSPS) is 9.54. The van der Waals surface area contributed by atoms with Crippen LogP contribution >= 0.6 is 12.4 Å². The molecule has 0 aliphatic rings. The van der Waals surface area contributed by atoms with Gasteiger partial charge in [0.25, 0.3) is 0 Å². The van der Waals surface area contributed by atoms with Crippen LogP contribution in [0.5, 0.6) is 0 Å². The molecule has 0 aromatic heterocycles. The van der Waals surface area contributed by atoms with Crippen LogP contribution in [-0.4, -0.2) is 17.3 Å². The molecule has 0 aliphatic heterocycles. The summed E-state index contributed by atoms with van der Waals surface area (Å²) in [5, 5.41) is 18.2. The van der Waals surface area contributed by atoms with E-state index in [-0.39, 0.29) is 18.2 Å². The van der Waals surface area contributed by atoms with Crippen LogP contribution in [0.2, 0.25) is 0 Å². The molecule has 0 aliphatic carbocycles. The minimum atomic E-state index is 0. The maximum absolute atomic E-state index is 8.20. The first-order chi connectivity index (χ1) is 5.74. The third kappa shape index (κ3) is 3.13. The second kappa shape index (κ2) is 5.16. The smallest absolute Gasteiger partial charge is 0.122 e. The molecule has 0 saturated heterocycles. The molecule has 0 heterocycles. The molecule has 0 amide bonds. The average Bonchev–Trinajstić information content (AvgIpc) is 2.06. The first kappa shape index (κ1) is 11.4. The van der Waals surface area contributed by atoms with Crippen LogP contribution in [0, 0.1) is 5.41 Å². The minimum absolute atomic E-state index is 0. The van der Waals surface area contributed by atoms with Gasteiger partial charge in [0.05, 0.1) is 6.21 Å². The molecule has 0 atom stereocenters. The molecule has 0 bridgehead atoms. The lowest BCUT2D eigenvalue weighted by Gasteiger charge is -1.96. The summed E-state index contributed by atoms with van der Waals surface area (Å²) in [4.78, 5) is 0. The number of nitrogen functional groups attached to an aromatic ring is 1. The molecule has 5 heteroatoms. The number of oxime groups is 1. The predicted octanol–water partition coefficient (Wildman–Crippen LogP) is 1.20. The second-order valence-electron chi connectivity index (χ2n) is 2.28. The Bertz CT molecular complexity index is 308. The Hall–Kier alpha value is -1.55. The van der Waals surface area contributed by atoms with Crippen LogP contribution in [0.15, 0.2) is 29.4 Å². The second-order valence-corrected chi connectivity index (χ2v) is 2.28. The van der Waals surface area contributed by atoms with Gasteiger partial charge >= 0.3 is 0 Å². The van der Waals surface area contributed by atoms with Gasteiger partial charge in [-0.25, -0.2) is 0 Å². The molecule has 70 valence electrons. The van der Waals surface area contributed by atoms with E-state index >= 15 is 0 Å². The van der Waals surface area contributed by atoms with E-state index in [1.54, 1.807) is 24.3 Å². The van der Waals surface area contributed by atoms with Crippen molar-refractivity contribution >= 4 is 24.5 Å². The fraction of sp³-hybridized carbons (Fsp3) is 0. The van der Waals surface area contributed by atoms with E-state index in [9.17, 15) is 0 Å². The number of amidine groups is 1. The summed E-state index contributed by atoms with van der Waals surface area (Å²) in [6, 6.07) is 6.82. The standard InChI is InChI=1S/C8H9N3O.ClH/c9-8(10)7-3-1-6(2-4-7)5-11-12;/h1-5,12H,(H3,9,10);1H. The highest BCUT2D eigenvalue weighted by Gasteiger charge is 1.94. The van der Waals surface area contributed by atoms with Crippen LogP contribution in [0.3, 0.4) is 0 Å². The summed E-state index contributed by atoms with van der Waals surface area (Å²) < 4.78 is 0. The number of hydrogen-bond acceptors (Lipinski definition) is 3. The molecule has 0 radical (unpaired) electrons. The van der Waals surface area contributed by atoms with E-state index in [0.29, 0.717) is 5.56 Å². The maximum atomic E-state index is 8.20. The fourth-order valence-corrected chi connectivity index (χ4v) is 0.815. The average molecular weight is 200 g/mol. The van der Waals surface area contributed by atoms with Crippen LogP contribution in [0.4, 0.5) is 0 Å². The lowest BCUT2D eigenvalue weighted by atomic mass is 10.1. The number of nitrogens with two attached hydrogens (primary N) is 1. The highest BCUT2D eigenvalue weighted by Crippen LogP contribution is 2.00. The van der Waals surface area contributed by atoms with E-state index in [4.69, 9.17) is 16.4 Å². The Labute approximate surface area is 82.0 Å². The van der Waals surface area contributed by atoms with Crippen molar-refractivity contribution in [1.29, 1.82) is 5.41 Å². The van der Waals surface area contributed by atoms with Gasteiger partial charge in [-0.15, -0.1) is 12.4 Å². The SMILES string of the molecule is Cl.N=C(N)c1ccc(C=NO)cc1. The number of halogens is 1. The van der Waals surface area contributed by atoms with E-state index < -0.39 is 0 Å². The zero-order chi connectivity index (χ0) is 8.97. The largest absolute Gasteiger partial charge is 0.411 e. The number of rotatable bonds is 2. The van der Waals surface area contributed by atoms with Crippen molar-refractivity contribution in [1.82, 2.24) is 0 Å². The Morgan fingerprint density at radius 2 is 1.92 bits per heavy atom. The first-order valence-electron chi connectivity index (χ1n) is 3.36. The Kier molecular flexibility index (Phi) is 4.54. The van der Waals surface area contributed by atoms with E-state index in [0.717, 1.165) is 5.56 Å². The van der Waals surface area contributed by atoms with Crippen molar-refractivity contribution in [3.63, 3.8) is 0 Å². The highest BCUT2D eigenvalue weighted by atomic mass is 35.5. The summed E-state index contributed by atoms with van der Waals surface area (Å²) in [5.41, 5.74) is 6.66.